The van der Waals surface area contributed by atoms with E-state index in [2.05, 4.69) is 55.4 Å². The van der Waals surface area contributed by atoms with Crippen LogP contribution >= 0.6 is 15.6 Å². The van der Waals surface area contributed by atoms with E-state index in [1.807, 2.05) is 0 Å². The highest BCUT2D eigenvalue weighted by atomic mass is 31.2. The summed E-state index contributed by atoms with van der Waals surface area (Å²) in [6.07, 6.45) is 47.3. The van der Waals surface area contributed by atoms with Crippen LogP contribution in [-0.2, 0) is 65.4 Å². The lowest BCUT2D eigenvalue weighted by molar-refractivity contribution is -0.161. The topological polar surface area (TPSA) is 237 Å². The fraction of sp³-hybridized carbons (Fsp3) is 0.946. The highest BCUT2D eigenvalue weighted by Crippen LogP contribution is 2.45. The van der Waals surface area contributed by atoms with Crippen molar-refractivity contribution in [2.24, 2.45) is 23.7 Å². The summed E-state index contributed by atoms with van der Waals surface area (Å²) in [4.78, 5) is 72.7. The number of aliphatic hydroxyl groups excluding tert-OH is 1. The molecule has 0 aliphatic rings. The third kappa shape index (κ3) is 65.8. The minimum atomic E-state index is -4.95. The summed E-state index contributed by atoms with van der Waals surface area (Å²) in [5.41, 5.74) is 0. The fourth-order valence-electron chi connectivity index (χ4n) is 11.1. The Morgan fingerprint density at radius 1 is 0.301 bits per heavy atom. The van der Waals surface area contributed by atoms with Crippen LogP contribution in [0.25, 0.3) is 0 Å². The summed E-state index contributed by atoms with van der Waals surface area (Å²) in [5.74, 6) is 0.916. The molecule has 0 saturated heterocycles. The fourth-order valence-corrected chi connectivity index (χ4v) is 12.7. The van der Waals surface area contributed by atoms with Crippen LogP contribution in [0.4, 0.5) is 0 Å². The molecule has 0 aliphatic carbocycles. The number of unbranched alkanes of at least 4 members (excludes halogenated alkanes) is 35. The summed E-state index contributed by atoms with van der Waals surface area (Å²) in [7, 11) is -9.91. The zero-order chi connectivity index (χ0) is 68.9. The molecule has 19 heteroatoms. The van der Waals surface area contributed by atoms with E-state index in [0.29, 0.717) is 31.6 Å². The van der Waals surface area contributed by atoms with Crippen molar-refractivity contribution >= 4 is 39.5 Å². The molecule has 0 radical (unpaired) electrons. The highest BCUT2D eigenvalue weighted by Gasteiger charge is 2.30. The molecule has 17 nitrogen and oxygen atoms in total. The monoisotopic (exact) mass is 1370 g/mol. The normalized spacial score (nSPS) is 14.8. The van der Waals surface area contributed by atoms with Crippen LogP contribution in [0.15, 0.2) is 0 Å². The molecule has 3 N–H and O–H groups in total. The maximum Gasteiger partial charge on any atom is 0.472 e. The third-order valence-electron chi connectivity index (χ3n) is 17.8. The van der Waals surface area contributed by atoms with Crippen molar-refractivity contribution in [2.45, 2.75) is 388 Å². The first-order valence-electron chi connectivity index (χ1n) is 38.3. The number of carbonyl (C=O) groups is 4. The van der Waals surface area contributed by atoms with E-state index in [4.69, 9.17) is 37.0 Å². The van der Waals surface area contributed by atoms with Gasteiger partial charge in [0.1, 0.15) is 19.3 Å². The highest BCUT2D eigenvalue weighted by molar-refractivity contribution is 7.47. The number of carbonyl (C=O) groups excluding carboxylic acids is 4. The van der Waals surface area contributed by atoms with Crippen molar-refractivity contribution in [1.82, 2.24) is 0 Å². The Morgan fingerprint density at radius 2 is 0.516 bits per heavy atom. The SMILES string of the molecule is CCC(C)CCCCCCCCCCCCCCCCC(=O)O[C@H](COC(=O)CCCCCCCCC(C)C)COP(=O)(O)OC[C@@H](O)COP(=O)(O)OC[C@@H](COC(=O)CCCCCCCCC(C)CC)OC(=O)CCCCCCCCCCCCCCCC(C)C. The molecule has 552 valence electrons. The van der Waals surface area contributed by atoms with Gasteiger partial charge in [0.05, 0.1) is 26.4 Å². The maximum atomic E-state index is 13.0. The number of phosphoric acid groups is 2. The second-order valence-corrected chi connectivity index (χ2v) is 31.0. The van der Waals surface area contributed by atoms with Crippen molar-refractivity contribution in [1.29, 1.82) is 0 Å². The predicted molar refractivity (Wildman–Crippen MR) is 377 cm³/mol. The molecule has 7 atom stereocenters. The number of ether oxygens (including phenoxy) is 4. The van der Waals surface area contributed by atoms with Gasteiger partial charge in [-0.15, -0.1) is 0 Å². The molecular weight excluding hydrogens is 1220 g/mol. The minimum Gasteiger partial charge on any atom is -0.462 e. The van der Waals surface area contributed by atoms with E-state index in [0.717, 1.165) is 120 Å². The largest absolute Gasteiger partial charge is 0.472 e. The average Bonchev–Trinajstić information content (AvgIpc) is 3.27. The van der Waals surface area contributed by atoms with Crippen LogP contribution in [0.2, 0.25) is 0 Å². The Balaban J connectivity index is 5.21. The first-order valence-corrected chi connectivity index (χ1v) is 41.3. The summed E-state index contributed by atoms with van der Waals surface area (Å²) < 4.78 is 68.4. The van der Waals surface area contributed by atoms with Gasteiger partial charge in [0.15, 0.2) is 12.2 Å². The summed E-state index contributed by atoms with van der Waals surface area (Å²) in [6, 6.07) is 0. The van der Waals surface area contributed by atoms with Crippen molar-refractivity contribution in [3.05, 3.63) is 0 Å². The predicted octanol–water partition coefficient (Wildman–Crippen LogP) is 21.3. The second kappa shape index (κ2) is 63.5. The first-order chi connectivity index (χ1) is 44.7. The van der Waals surface area contributed by atoms with Gasteiger partial charge in [-0.2, -0.15) is 0 Å². The Bertz CT molecular complexity index is 1840. The van der Waals surface area contributed by atoms with Gasteiger partial charge in [0, 0.05) is 25.7 Å². The lowest BCUT2D eigenvalue weighted by atomic mass is 9.99. The molecule has 0 heterocycles. The van der Waals surface area contributed by atoms with Crippen LogP contribution in [-0.4, -0.2) is 96.7 Å². The van der Waals surface area contributed by atoms with E-state index in [1.165, 1.54) is 161 Å². The van der Waals surface area contributed by atoms with Crippen LogP contribution in [0.5, 0.6) is 0 Å². The quantitative estimate of drug-likeness (QED) is 0.0222. The van der Waals surface area contributed by atoms with Crippen LogP contribution in [0, 0.1) is 23.7 Å². The van der Waals surface area contributed by atoms with Crippen molar-refractivity contribution in [3.63, 3.8) is 0 Å². The molecule has 93 heavy (non-hydrogen) atoms. The second-order valence-electron chi connectivity index (χ2n) is 28.1. The van der Waals surface area contributed by atoms with E-state index in [1.54, 1.807) is 0 Å². The van der Waals surface area contributed by atoms with E-state index >= 15 is 0 Å². The Kier molecular flexibility index (Phi) is 62.2. The van der Waals surface area contributed by atoms with Gasteiger partial charge < -0.3 is 33.8 Å². The van der Waals surface area contributed by atoms with E-state index < -0.39 is 97.5 Å². The summed E-state index contributed by atoms with van der Waals surface area (Å²) in [5, 5.41) is 10.6. The smallest absolute Gasteiger partial charge is 0.462 e. The van der Waals surface area contributed by atoms with Gasteiger partial charge in [-0.25, -0.2) is 9.13 Å². The Hall–Kier alpha value is -1.94. The van der Waals surface area contributed by atoms with Crippen molar-refractivity contribution < 1.29 is 80.2 Å². The first kappa shape index (κ1) is 91.1. The van der Waals surface area contributed by atoms with Gasteiger partial charge in [-0.1, -0.05) is 319 Å². The van der Waals surface area contributed by atoms with Gasteiger partial charge in [0.25, 0.3) is 0 Å². The number of phosphoric ester groups is 2. The molecule has 0 spiro atoms. The third-order valence-corrected chi connectivity index (χ3v) is 19.7. The van der Waals surface area contributed by atoms with Gasteiger partial charge in [-0.05, 0) is 49.4 Å². The zero-order valence-corrected chi connectivity index (χ0v) is 62.7. The van der Waals surface area contributed by atoms with Crippen molar-refractivity contribution in [3.8, 4) is 0 Å². The molecule has 0 bridgehead atoms. The number of esters is 4. The molecule has 0 aromatic carbocycles. The number of hydrogen-bond donors (Lipinski definition) is 3. The van der Waals surface area contributed by atoms with Crippen LogP contribution < -0.4 is 0 Å². The molecule has 0 rings (SSSR count). The molecule has 0 aliphatic heterocycles. The Labute approximate surface area is 568 Å². The molecule has 0 aromatic rings. The van der Waals surface area contributed by atoms with Crippen LogP contribution in [0.1, 0.15) is 370 Å². The summed E-state index contributed by atoms with van der Waals surface area (Å²) in [6.45, 7) is 14.1. The zero-order valence-electron chi connectivity index (χ0n) is 60.9. The van der Waals surface area contributed by atoms with Gasteiger partial charge in [-0.3, -0.25) is 37.3 Å². The molecule has 0 saturated carbocycles. The molecule has 0 amide bonds. The van der Waals surface area contributed by atoms with Gasteiger partial charge >= 0.3 is 39.5 Å². The van der Waals surface area contributed by atoms with E-state index in [-0.39, 0.29) is 25.7 Å². The number of aliphatic hydroxyl groups is 1. The minimum absolute atomic E-state index is 0.106. The molecule has 4 unspecified atom stereocenters. The lowest BCUT2D eigenvalue weighted by Gasteiger charge is -2.21. The summed E-state index contributed by atoms with van der Waals surface area (Å²) >= 11 is 0. The standard InChI is InChI=1S/C74H144O17P2/c1-9-66(7)52-44-36-27-23-19-15-11-12-16-20-24-28-40-48-56-73(78)90-69(60-84-71(76)54-46-38-32-30-35-43-51-65(5)6)62-88-92(80,81)86-58-68(75)59-87-93(82,83)89-63-70(61-85-72(77)55-47-39-33-31-37-45-53-67(8)10-2)91-74(79)57-49-41-29-25-21-17-13-14-18-22-26-34-42-50-64(3)4/h64-70,75H,9-63H2,1-8H3,(H,80,81)(H,82,83)/t66?,67?,68-,69-,70-/m1/s1. The number of rotatable bonds is 71. The van der Waals surface area contributed by atoms with E-state index in [9.17, 15) is 43.2 Å². The van der Waals surface area contributed by atoms with Gasteiger partial charge in [0.2, 0.25) is 0 Å². The van der Waals surface area contributed by atoms with Crippen LogP contribution in [0.3, 0.4) is 0 Å². The Morgan fingerprint density at radius 3 is 0.763 bits per heavy atom. The lowest BCUT2D eigenvalue weighted by Crippen LogP contribution is -2.30. The maximum absolute atomic E-state index is 13.0. The average molecular weight is 1370 g/mol. The number of hydrogen-bond acceptors (Lipinski definition) is 15. The molecular formula is C74H144O17P2. The molecule has 0 fully saturated rings. The molecule has 0 aromatic heterocycles. The van der Waals surface area contributed by atoms with Crippen molar-refractivity contribution in [2.75, 3.05) is 39.6 Å².